The predicted octanol–water partition coefficient (Wildman–Crippen LogP) is 2.60. The molecule has 0 aliphatic heterocycles. The van der Waals surface area contributed by atoms with E-state index in [-0.39, 0.29) is 5.69 Å². The molecule has 78 valence electrons. The molecule has 0 spiro atoms. The van der Waals surface area contributed by atoms with Gasteiger partial charge in [0.15, 0.2) is 0 Å². The van der Waals surface area contributed by atoms with Crippen LogP contribution >= 0.6 is 15.9 Å². The molecule has 0 bridgehead atoms. The average molecular weight is 273 g/mol. The molecule has 1 aromatic carbocycles. The summed E-state index contributed by atoms with van der Waals surface area (Å²) >= 11 is 3.01. The fourth-order valence-electron chi connectivity index (χ4n) is 0.920. The van der Waals surface area contributed by atoms with Gasteiger partial charge in [0.1, 0.15) is 0 Å². The first kappa shape index (κ1) is 11.3. The van der Waals surface area contributed by atoms with Crippen LogP contribution in [0.15, 0.2) is 28.9 Å². The molecular formula is C8H5BrN2O4. The fraction of sp³-hybridized carbons (Fsp3) is 0. The number of benzene rings is 1. The molecule has 1 rings (SSSR count). The molecule has 0 aromatic heterocycles. The van der Waals surface area contributed by atoms with Crippen LogP contribution in [0.2, 0.25) is 0 Å². The number of rotatable bonds is 3. The van der Waals surface area contributed by atoms with Crippen molar-refractivity contribution in [3.05, 3.63) is 54.7 Å². The van der Waals surface area contributed by atoms with Crippen LogP contribution in [0.25, 0.3) is 6.08 Å². The summed E-state index contributed by atoms with van der Waals surface area (Å²) in [4.78, 5) is 19.4. The summed E-state index contributed by atoms with van der Waals surface area (Å²) in [6.07, 6.45) is 1.92. The van der Waals surface area contributed by atoms with E-state index in [0.717, 1.165) is 6.20 Å². The van der Waals surface area contributed by atoms with Crippen molar-refractivity contribution in [2.45, 2.75) is 0 Å². The van der Waals surface area contributed by atoms with Gasteiger partial charge in [0.2, 0.25) is 6.20 Å². The molecule has 0 aliphatic rings. The van der Waals surface area contributed by atoms with Crippen LogP contribution in [0.3, 0.4) is 0 Å². The molecule has 0 amide bonds. The molecule has 0 fully saturated rings. The van der Waals surface area contributed by atoms with Crippen LogP contribution in [0.1, 0.15) is 5.56 Å². The van der Waals surface area contributed by atoms with Crippen molar-refractivity contribution < 1.29 is 9.85 Å². The Bertz CT molecular complexity index is 444. The van der Waals surface area contributed by atoms with Crippen molar-refractivity contribution in [1.82, 2.24) is 0 Å². The summed E-state index contributed by atoms with van der Waals surface area (Å²) in [6.45, 7) is 0. The Hall–Kier alpha value is -1.76. The lowest BCUT2D eigenvalue weighted by Crippen LogP contribution is -1.90. The normalized spacial score (nSPS) is 10.5. The van der Waals surface area contributed by atoms with E-state index in [1.54, 1.807) is 0 Å². The van der Waals surface area contributed by atoms with Crippen molar-refractivity contribution in [2.75, 3.05) is 0 Å². The summed E-state index contributed by atoms with van der Waals surface area (Å²) in [5.74, 6) is 0. The zero-order valence-corrected chi connectivity index (χ0v) is 8.88. The Morgan fingerprint density at radius 3 is 2.47 bits per heavy atom. The second-order valence-corrected chi connectivity index (χ2v) is 3.42. The molecule has 0 radical (unpaired) electrons. The zero-order valence-electron chi connectivity index (χ0n) is 7.29. The van der Waals surface area contributed by atoms with Gasteiger partial charge in [-0.05, 0) is 27.6 Å². The van der Waals surface area contributed by atoms with E-state index in [2.05, 4.69) is 15.9 Å². The van der Waals surface area contributed by atoms with Gasteiger partial charge < -0.3 is 0 Å². The minimum absolute atomic E-state index is 0.125. The molecule has 0 aliphatic carbocycles. The van der Waals surface area contributed by atoms with Gasteiger partial charge in [0, 0.05) is 12.1 Å². The van der Waals surface area contributed by atoms with Gasteiger partial charge >= 0.3 is 0 Å². The second kappa shape index (κ2) is 4.65. The molecule has 7 heteroatoms. The number of hydrogen-bond donors (Lipinski definition) is 0. The first-order valence-corrected chi connectivity index (χ1v) is 4.55. The summed E-state index contributed by atoms with van der Waals surface area (Å²) in [5.41, 5.74) is 0.280. The van der Waals surface area contributed by atoms with Crippen LogP contribution in [0.4, 0.5) is 5.69 Å². The first-order chi connectivity index (χ1) is 7.00. The largest absolute Gasteiger partial charge is 0.284 e. The van der Waals surface area contributed by atoms with Gasteiger partial charge in [-0.2, -0.15) is 0 Å². The molecule has 0 saturated heterocycles. The highest BCUT2D eigenvalue weighted by Crippen LogP contribution is 2.25. The van der Waals surface area contributed by atoms with Crippen molar-refractivity contribution in [3.63, 3.8) is 0 Å². The van der Waals surface area contributed by atoms with E-state index in [9.17, 15) is 20.2 Å². The number of hydrogen-bond acceptors (Lipinski definition) is 4. The Kier molecular flexibility index (Phi) is 3.51. The molecule has 1 aromatic rings. The third-order valence-electron chi connectivity index (χ3n) is 1.56. The molecule has 15 heavy (non-hydrogen) atoms. The number of nitro benzene ring substituents is 1. The minimum atomic E-state index is -0.631. The molecule has 6 nitrogen and oxygen atoms in total. The van der Waals surface area contributed by atoms with Gasteiger partial charge in [-0.25, -0.2) is 0 Å². The lowest BCUT2D eigenvalue weighted by molar-refractivity contribution is -0.400. The Morgan fingerprint density at radius 1 is 1.27 bits per heavy atom. The highest BCUT2D eigenvalue weighted by molar-refractivity contribution is 9.10. The fourth-order valence-corrected chi connectivity index (χ4v) is 1.31. The number of nitro groups is 2. The summed E-state index contributed by atoms with van der Waals surface area (Å²) in [7, 11) is 0. The Labute approximate surface area is 92.6 Å². The summed E-state index contributed by atoms with van der Waals surface area (Å²) in [5, 5.41) is 20.6. The highest BCUT2D eigenvalue weighted by atomic mass is 79.9. The van der Waals surface area contributed by atoms with Crippen molar-refractivity contribution in [3.8, 4) is 0 Å². The average Bonchev–Trinajstić information content (AvgIpc) is 2.16. The van der Waals surface area contributed by atoms with Gasteiger partial charge in [0.05, 0.1) is 14.3 Å². The highest BCUT2D eigenvalue weighted by Gasteiger charge is 2.11. The van der Waals surface area contributed by atoms with E-state index in [4.69, 9.17) is 0 Å². The molecule has 0 heterocycles. The maximum atomic E-state index is 10.5. The van der Waals surface area contributed by atoms with Crippen molar-refractivity contribution in [2.24, 2.45) is 0 Å². The van der Waals surface area contributed by atoms with Crippen LogP contribution < -0.4 is 0 Å². The van der Waals surface area contributed by atoms with Gasteiger partial charge in [-0.3, -0.25) is 20.2 Å². The number of halogens is 1. The smallest absolute Gasteiger partial charge is 0.259 e. The second-order valence-electron chi connectivity index (χ2n) is 2.57. The van der Waals surface area contributed by atoms with Crippen LogP contribution in [0.5, 0.6) is 0 Å². The first-order valence-electron chi connectivity index (χ1n) is 3.76. The standard InChI is InChI=1S/C8H5BrN2O4/c9-7-2-1-6(3-4-10(12)13)5-8(7)11(14)15/h1-5H/b4-3+. The lowest BCUT2D eigenvalue weighted by Gasteiger charge is -1.96. The lowest BCUT2D eigenvalue weighted by atomic mass is 10.2. The molecule has 0 unspecified atom stereocenters. The summed E-state index contributed by atoms with van der Waals surface area (Å²) in [6, 6.07) is 4.26. The van der Waals surface area contributed by atoms with E-state index < -0.39 is 9.85 Å². The molecule has 0 atom stereocenters. The maximum absolute atomic E-state index is 10.5. The van der Waals surface area contributed by atoms with Gasteiger partial charge in [-0.1, -0.05) is 6.07 Å². The third kappa shape index (κ3) is 3.13. The van der Waals surface area contributed by atoms with Crippen molar-refractivity contribution >= 4 is 27.7 Å². The maximum Gasteiger partial charge on any atom is 0.284 e. The van der Waals surface area contributed by atoms with Crippen molar-refractivity contribution in [1.29, 1.82) is 0 Å². The SMILES string of the molecule is O=[N+]([O-])/C=C/c1ccc(Br)c([N+](=O)[O-])c1. The van der Waals surface area contributed by atoms with E-state index in [0.29, 0.717) is 10.0 Å². The monoisotopic (exact) mass is 272 g/mol. The topological polar surface area (TPSA) is 86.3 Å². The van der Waals surface area contributed by atoms with E-state index >= 15 is 0 Å². The molecular weight excluding hydrogens is 268 g/mol. The van der Waals surface area contributed by atoms with E-state index in [1.807, 2.05) is 0 Å². The van der Waals surface area contributed by atoms with Crippen LogP contribution in [0, 0.1) is 20.2 Å². The minimum Gasteiger partial charge on any atom is -0.259 e. The number of nitrogens with zero attached hydrogens (tertiary/aromatic N) is 2. The Balaban J connectivity index is 3.08. The zero-order chi connectivity index (χ0) is 11.4. The third-order valence-corrected chi connectivity index (χ3v) is 2.23. The Morgan fingerprint density at radius 2 is 1.93 bits per heavy atom. The summed E-state index contributed by atoms with van der Waals surface area (Å²) < 4.78 is 0.339. The van der Waals surface area contributed by atoms with Crippen LogP contribution in [-0.4, -0.2) is 9.85 Å². The molecule has 0 N–H and O–H groups in total. The molecule has 0 saturated carbocycles. The van der Waals surface area contributed by atoms with Crippen LogP contribution in [-0.2, 0) is 0 Å². The van der Waals surface area contributed by atoms with Gasteiger partial charge in [0.25, 0.3) is 5.69 Å². The quantitative estimate of drug-likeness (QED) is 0.625. The van der Waals surface area contributed by atoms with Gasteiger partial charge in [-0.15, -0.1) is 0 Å². The predicted molar refractivity (Wildman–Crippen MR) is 56.8 cm³/mol. The van der Waals surface area contributed by atoms with E-state index in [1.165, 1.54) is 24.3 Å².